The van der Waals surface area contributed by atoms with Crippen LogP contribution in [-0.2, 0) is 17.9 Å². The first-order valence-corrected chi connectivity index (χ1v) is 8.82. The lowest BCUT2D eigenvalue weighted by Crippen LogP contribution is -2.43. The molecule has 0 aliphatic carbocycles. The fraction of sp³-hybridized carbons (Fsp3) is 0.294. The first-order chi connectivity index (χ1) is 12.4. The average Bonchev–Trinajstić information content (AvgIpc) is 3.06. The molecule has 3 aromatic rings. The molecule has 0 bridgehead atoms. The fourth-order valence-electron chi connectivity index (χ4n) is 2.61. The number of halogens is 1. The molecule has 1 N–H and O–H groups in total. The molecule has 0 saturated carbocycles. The first-order valence-electron chi connectivity index (χ1n) is 7.98. The van der Waals surface area contributed by atoms with Gasteiger partial charge in [-0.25, -0.2) is 9.18 Å². The van der Waals surface area contributed by atoms with Crippen LogP contribution in [0.4, 0.5) is 4.39 Å². The monoisotopic (exact) mass is 376 g/mol. The van der Waals surface area contributed by atoms with Crippen LogP contribution in [-0.4, -0.2) is 25.5 Å². The van der Waals surface area contributed by atoms with Gasteiger partial charge in [0.1, 0.15) is 12.4 Å². The fourth-order valence-corrected chi connectivity index (χ4v) is 3.28. The van der Waals surface area contributed by atoms with E-state index < -0.39 is 17.1 Å². The van der Waals surface area contributed by atoms with Crippen LogP contribution < -0.4 is 16.6 Å². The molecule has 136 valence electrons. The van der Waals surface area contributed by atoms with Gasteiger partial charge in [0.2, 0.25) is 5.91 Å². The zero-order valence-electron chi connectivity index (χ0n) is 14.2. The lowest BCUT2D eigenvalue weighted by atomic mass is 10.2. The summed E-state index contributed by atoms with van der Waals surface area (Å²) in [6, 6.07) is 5.46. The van der Waals surface area contributed by atoms with Crippen molar-refractivity contribution < 1.29 is 9.18 Å². The molecule has 0 saturated heterocycles. The van der Waals surface area contributed by atoms with Crippen LogP contribution in [0, 0.1) is 5.82 Å². The van der Waals surface area contributed by atoms with Crippen molar-refractivity contribution in [1.82, 2.24) is 18.8 Å². The summed E-state index contributed by atoms with van der Waals surface area (Å²) in [5.41, 5.74) is -0.0753. The van der Waals surface area contributed by atoms with Crippen molar-refractivity contribution in [3.05, 3.63) is 61.9 Å². The van der Waals surface area contributed by atoms with Crippen molar-refractivity contribution in [1.29, 1.82) is 0 Å². The van der Waals surface area contributed by atoms with Gasteiger partial charge in [0.05, 0.1) is 12.1 Å². The van der Waals surface area contributed by atoms with E-state index in [0.29, 0.717) is 11.1 Å². The summed E-state index contributed by atoms with van der Waals surface area (Å²) < 4.78 is 19.4. The molecule has 9 heteroatoms. The minimum absolute atomic E-state index is 0.0305. The first kappa shape index (κ1) is 18.0. The Morgan fingerprint density at radius 2 is 1.92 bits per heavy atom. The van der Waals surface area contributed by atoms with Crippen molar-refractivity contribution in [3.63, 3.8) is 0 Å². The number of aromatic nitrogens is 3. The van der Waals surface area contributed by atoms with Crippen molar-refractivity contribution >= 4 is 28.5 Å². The third-order valence-electron chi connectivity index (χ3n) is 3.76. The zero-order valence-corrected chi connectivity index (χ0v) is 15.0. The van der Waals surface area contributed by atoms with Crippen LogP contribution in [0.15, 0.2) is 39.2 Å². The molecule has 0 atom stereocenters. The number of carbonyl (C=O) groups is 1. The highest BCUT2D eigenvalue weighted by molar-refractivity contribution is 7.04. The number of hydrogen-bond donors (Lipinski definition) is 1. The number of rotatable bonds is 5. The van der Waals surface area contributed by atoms with E-state index in [1.807, 2.05) is 13.8 Å². The Balaban J connectivity index is 2.08. The topological polar surface area (TPSA) is 86.0 Å². The summed E-state index contributed by atoms with van der Waals surface area (Å²) >= 11 is 1.04. The molecule has 0 aliphatic heterocycles. The molecule has 0 aliphatic rings. The molecular formula is C17H17FN4O3S. The highest BCUT2D eigenvalue weighted by Crippen LogP contribution is 2.10. The van der Waals surface area contributed by atoms with Crippen LogP contribution in [0.2, 0.25) is 0 Å². The highest BCUT2D eigenvalue weighted by atomic mass is 32.1. The van der Waals surface area contributed by atoms with Gasteiger partial charge in [-0.15, -0.1) is 0 Å². The Bertz CT molecular complexity index is 1070. The van der Waals surface area contributed by atoms with Crippen molar-refractivity contribution in [2.45, 2.75) is 33.0 Å². The minimum atomic E-state index is -0.606. The number of amides is 1. The maximum Gasteiger partial charge on any atom is 0.332 e. The lowest BCUT2D eigenvalue weighted by Gasteiger charge is -2.13. The zero-order chi connectivity index (χ0) is 18.8. The Labute approximate surface area is 151 Å². The van der Waals surface area contributed by atoms with Crippen LogP contribution in [0.3, 0.4) is 0 Å². The average molecular weight is 376 g/mol. The van der Waals surface area contributed by atoms with Crippen LogP contribution in [0.1, 0.15) is 19.4 Å². The largest absolute Gasteiger partial charge is 0.352 e. The third kappa shape index (κ3) is 3.57. The second-order valence-corrected chi connectivity index (χ2v) is 6.79. The lowest BCUT2D eigenvalue weighted by molar-refractivity contribution is -0.122. The van der Waals surface area contributed by atoms with Gasteiger partial charge in [0.15, 0.2) is 5.52 Å². The molecule has 0 radical (unpaired) electrons. The van der Waals surface area contributed by atoms with Crippen LogP contribution >= 0.6 is 11.5 Å². The van der Waals surface area contributed by atoms with E-state index in [1.165, 1.54) is 28.8 Å². The molecular weight excluding hydrogens is 359 g/mol. The quantitative estimate of drug-likeness (QED) is 0.728. The summed E-state index contributed by atoms with van der Waals surface area (Å²) in [6.07, 6.45) is 0. The summed E-state index contributed by atoms with van der Waals surface area (Å²) in [4.78, 5) is 37.6. The van der Waals surface area contributed by atoms with Crippen molar-refractivity contribution in [2.75, 3.05) is 0 Å². The van der Waals surface area contributed by atoms with Gasteiger partial charge in [-0.3, -0.25) is 18.7 Å². The number of nitrogens with one attached hydrogen (secondary N) is 1. The summed E-state index contributed by atoms with van der Waals surface area (Å²) in [7, 11) is 0. The van der Waals surface area contributed by atoms with E-state index >= 15 is 0 Å². The standard InChI is InChI=1S/C17H17FN4O3S/c1-10(2)19-14(23)8-21-13-9-26-20-15(13)16(24)22(17(21)25)7-11-3-5-12(18)6-4-11/h3-6,9-10H,7-8H2,1-2H3,(H,19,23). The van der Waals surface area contributed by atoms with Gasteiger partial charge < -0.3 is 5.32 Å². The Hall–Kier alpha value is -2.81. The number of nitrogens with zero attached hydrogens (tertiary/aromatic N) is 3. The Morgan fingerprint density at radius 1 is 1.23 bits per heavy atom. The number of hydrogen-bond acceptors (Lipinski definition) is 5. The molecule has 0 spiro atoms. The summed E-state index contributed by atoms with van der Waals surface area (Å²) in [5.74, 6) is -0.736. The highest BCUT2D eigenvalue weighted by Gasteiger charge is 2.17. The summed E-state index contributed by atoms with van der Waals surface area (Å²) in [6.45, 7) is 3.39. The molecule has 3 rings (SSSR count). The van der Waals surface area contributed by atoms with Gasteiger partial charge in [0.25, 0.3) is 5.56 Å². The van der Waals surface area contributed by atoms with Crippen molar-refractivity contribution in [3.8, 4) is 0 Å². The Morgan fingerprint density at radius 3 is 2.58 bits per heavy atom. The number of benzene rings is 1. The second kappa shape index (κ2) is 7.20. The van der Waals surface area contributed by atoms with Gasteiger partial charge >= 0.3 is 5.69 Å². The SMILES string of the molecule is CC(C)NC(=O)Cn1c(=O)n(Cc2ccc(F)cc2)c(=O)c2nscc21. The third-order valence-corrected chi connectivity index (χ3v) is 4.37. The van der Waals surface area contributed by atoms with E-state index in [9.17, 15) is 18.8 Å². The normalized spacial score (nSPS) is 11.2. The predicted octanol–water partition coefficient (Wildman–Crippen LogP) is 1.33. The van der Waals surface area contributed by atoms with Gasteiger partial charge in [-0.05, 0) is 43.1 Å². The van der Waals surface area contributed by atoms with Gasteiger partial charge in [0, 0.05) is 11.4 Å². The molecule has 1 amide bonds. The van der Waals surface area contributed by atoms with E-state index in [1.54, 1.807) is 5.38 Å². The van der Waals surface area contributed by atoms with Gasteiger partial charge in [-0.2, -0.15) is 4.37 Å². The van der Waals surface area contributed by atoms with Crippen molar-refractivity contribution in [2.24, 2.45) is 0 Å². The molecule has 7 nitrogen and oxygen atoms in total. The maximum atomic E-state index is 13.1. The smallest absolute Gasteiger partial charge is 0.332 e. The predicted molar refractivity (Wildman–Crippen MR) is 96.9 cm³/mol. The number of carbonyl (C=O) groups excluding carboxylic acids is 1. The molecule has 2 aromatic heterocycles. The van der Waals surface area contributed by atoms with Crippen LogP contribution in [0.25, 0.3) is 11.0 Å². The van der Waals surface area contributed by atoms with E-state index in [2.05, 4.69) is 9.69 Å². The second-order valence-electron chi connectivity index (χ2n) is 6.16. The van der Waals surface area contributed by atoms with E-state index in [4.69, 9.17) is 0 Å². The Kier molecular flexibility index (Phi) is 4.99. The van der Waals surface area contributed by atoms with E-state index in [0.717, 1.165) is 16.1 Å². The molecule has 26 heavy (non-hydrogen) atoms. The molecule has 1 aromatic carbocycles. The van der Waals surface area contributed by atoms with E-state index in [-0.39, 0.29) is 30.6 Å². The van der Waals surface area contributed by atoms with Crippen LogP contribution in [0.5, 0.6) is 0 Å². The summed E-state index contributed by atoms with van der Waals surface area (Å²) in [5, 5.41) is 4.29. The number of fused-ring (bicyclic) bond motifs is 1. The minimum Gasteiger partial charge on any atom is -0.352 e. The molecule has 0 unspecified atom stereocenters. The molecule has 2 heterocycles. The molecule has 0 fully saturated rings. The van der Waals surface area contributed by atoms with Gasteiger partial charge in [-0.1, -0.05) is 12.1 Å². The maximum absolute atomic E-state index is 13.1.